The van der Waals surface area contributed by atoms with E-state index >= 15 is 0 Å². The van der Waals surface area contributed by atoms with Gasteiger partial charge in [0.25, 0.3) is 8.32 Å². The summed E-state index contributed by atoms with van der Waals surface area (Å²) in [4.78, 5) is 17.9. The third-order valence-corrected chi connectivity index (χ3v) is 17.5. The SMILES string of the molecule is COCOc1c(OC)c(C)cc2c1C1[C@@H]3Cc4c(O)c(C)c5c(c4[C@H](CCC(C)(C)[Si](O)(c4ccccc4)c4ccccc4)N3[C@@H](C#N)C(C2)N1C)OCO5. The van der Waals surface area contributed by atoms with Crippen molar-refractivity contribution in [2.45, 2.75) is 88.6 Å². The number of hydrogen-bond acceptors (Lipinski definition) is 10. The second-order valence-corrected chi connectivity index (χ2v) is 20.1. The summed E-state index contributed by atoms with van der Waals surface area (Å²) in [6.07, 6.45) is 2.35. The van der Waals surface area contributed by atoms with Crippen molar-refractivity contribution in [3.8, 4) is 34.8 Å². The van der Waals surface area contributed by atoms with E-state index in [1.54, 1.807) is 14.2 Å². The molecule has 4 heterocycles. The molecule has 4 aliphatic heterocycles. The number of hydrogen-bond donors (Lipinski definition) is 2. The van der Waals surface area contributed by atoms with Crippen LogP contribution in [0.4, 0.5) is 0 Å². The molecule has 1 saturated heterocycles. The summed E-state index contributed by atoms with van der Waals surface area (Å²) < 4.78 is 30.1. The molecule has 0 aromatic heterocycles. The molecule has 10 nitrogen and oxygen atoms in total. The van der Waals surface area contributed by atoms with Crippen molar-refractivity contribution in [2.24, 2.45) is 0 Å². The smallest absolute Gasteiger partial charge is 0.258 e. The van der Waals surface area contributed by atoms with Crippen LogP contribution in [0.2, 0.25) is 5.04 Å². The molecule has 0 spiro atoms. The Kier molecular flexibility index (Phi) is 9.63. The van der Waals surface area contributed by atoms with E-state index in [2.05, 4.69) is 67.1 Å². The van der Waals surface area contributed by atoms with Gasteiger partial charge in [0.15, 0.2) is 29.8 Å². The Hall–Kier alpha value is -4.57. The molecule has 288 valence electrons. The minimum absolute atomic E-state index is 0.0565. The Balaban J connectivity index is 1.30. The first-order valence-electron chi connectivity index (χ1n) is 19.2. The van der Waals surface area contributed by atoms with Crippen LogP contribution in [0.5, 0.6) is 28.7 Å². The van der Waals surface area contributed by atoms with E-state index in [-0.39, 0.29) is 43.5 Å². The molecule has 4 aromatic carbocycles. The van der Waals surface area contributed by atoms with Crippen molar-refractivity contribution in [3.63, 3.8) is 0 Å². The van der Waals surface area contributed by atoms with Gasteiger partial charge in [-0.05, 0) is 73.1 Å². The number of aryl methyl sites for hydroxylation is 1. The van der Waals surface area contributed by atoms with E-state index in [4.69, 9.17) is 23.7 Å². The van der Waals surface area contributed by atoms with Gasteiger partial charge < -0.3 is 33.6 Å². The molecule has 55 heavy (non-hydrogen) atoms. The second kappa shape index (κ2) is 14.2. The summed E-state index contributed by atoms with van der Waals surface area (Å²) in [5.74, 6) is 2.73. The Morgan fingerprint density at radius 1 is 0.927 bits per heavy atom. The van der Waals surface area contributed by atoms with Crippen molar-refractivity contribution in [1.82, 2.24) is 9.80 Å². The lowest BCUT2D eigenvalue weighted by Gasteiger charge is -2.60. The lowest BCUT2D eigenvalue weighted by Crippen LogP contribution is -2.68. The molecule has 8 rings (SSSR count). The fourth-order valence-corrected chi connectivity index (χ4v) is 14.1. The minimum atomic E-state index is -3.37. The molecule has 4 aromatic rings. The average molecular weight is 762 g/mol. The second-order valence-electron chi connectivity index (χ2n) is 16.2. The third-order valence-electron chi connectivity index (χ3n) is 13.0. The standard InChI is InChI=1S/C44H51N3O7Si/c1-26-20-28-21-33-35(23-45)47-32(18-19-44(3,4)55(49,29-14-10-8-11-15-29)30-16-12-9-13-17-30)37-31(39(48)27(2)41-43(37)54-25-53-41)22-34(47)38(46(33)5)36(28)42(40(26)51-7)52-24-50-6/h8-17,20,32-35,38,48-49H,18-19,21-22,24-25H2,1-7H3/t32-,33?,34-,35-,38?/m0/s1. The van der Waals surface area contributed by atoms with E-state index in [9.17, 15) is 15.2 Å². The van der Waals surface area contributed by atoms with Gasteiger partial charge in [-0.25, -0.2) is 0 Å². The number of benzene rings is 4. The van der Waals surface area contributed by atoms with Gasteiger partial charge in [-0.2, -0.15) is 5.26 Å². The van der Waals surface area contributed by atoms with E-state index in [1.807, 2.05) is 50.2 Å². The van der Waals surface area contributed by atoms with E-state index in [0.29, 0.717) is 54.2 Å². The number of nitrogens with zero attached hydrogens (tertiary/aromatic N) is 3. The number of ether oxygens (including phenoxy) is 5. The molecule has 0 amide bonds. The molecule has 0 saturated carbocycles. The number of phenols is 1. The summed E-state index contributed by atoms with van der Waals surface area (Å²) in [5, 5.41) is 24.6. The number of phenolic OH excluding ortho intramolecular Hbond substituents is 1. The van der Waals surface area contributed by atoms with Crippen LogP contribution in [-0.4, -0.2) is 81.0 Å². The molecule has 2 bridgehead atoms. The zero-order chi connectivity index (χ0) is 38.8. The Morgan fingerprint density at radius 2 is 1.58 bits per heavy atom. The van der Waals surface area contributed by atoms with Crippen molar-refractivity contribution in [3.05, 3.63) is 100 Å². The zero-order valence-electron chi connectivity index (χ0n) is 32.8. The predicted octanol–water partition coefficient (Wildman–Crippen LogP) is 5.81. The number of likely N-dealkylation sites (N-methyl/N-ethyl adjacent to an activating group) is 1. The molecular weight excluding hydrogens is 711 g/mol. The first kappa shape index (κ1) is 37.4. The van der Waals surface area contributed by atoms with Gasteiger partial charge in [-0.3, -0.25) is 9.80 Å². The summed E-state index contributed by atoms with van der Waals surface area (Å²) in [7, 11) is 2.01. The van der Waals surface area contributed by atoms with Crippen LogP contribution in [0, 0.1) is 25.2 Å². The normalized spacial score (nSPS) is 23.0. The van der Waals surface area contributed by atoms with Crippen molar-refractivity contribution >= 4 is 18.7 Å². The van der Waals surface area contributed by atoms with Crippen LogP contribution >= 0.6 is 0 Å². The molecule has 2 N–H and O–H groups in total. The van der Waals surface area contributed by atoms with Crippen molar-refractivity contribution < 1.29 is 33.6 Å². The van der Waals surface area contributed by atoms with Crippen molar-refractivity contribution in [2.75, 3.05) is 34.9 Å². The maximum Gasteiger partial charge on any atom is 0.258 e. The third kappa shape index (κ3) is 5.64. The van der Waals surface area contributed by atoms with Gasteiger partial charge in [0, 0.05) is 47.5 Å². The van der Waals surface area contributed by atoms with Crippen LogP contribution in [0.3, 0.4) is 0 Å². The molecule has 11 heteroatoms. The highest BCUT2D eigenvalue weighted by Gasteiger charge is 2.58. The van der Waals surface area contributed by atoms with Gasteiger partial charge in [-0.15, -0.1) is 0 Å². The largest absolute Gasteiger partial charge is 0.507 e. The first-order chi connectivity index (χ1) is 26.5. The van der Waals surface area contributed by atoms with Gasteiger partial charge in [0.1, 0.15) is 11.8 Å². The highest BCUT2D eigenvalue weighted by atomic mass is 28.4. The predicted molar refractivity (Wildman–Crippen MR) is 212 cm³/mol. The monoisotopic (exact) mass is 761 g/mol. The summed E-state index contributed by atoms with van der Waals surface area (Å²) in [6, 6.07) is 23.8. The fourth-order valence-electron chi connectivity index (χ4n) is 10.4. The van der Waals surface area contributed by atoms with Gasteiger partial charge in [-0.1, -0.05) is 80.6 Å². The Bertz CT molecular complexity index is 2100. The lowest BCUT2D eigenvalue weighted by atomic mass is 9.71. The molecule has 5 atom stereocenters. The lowest BCUT2D eigenvalue weighted by molar-refractivity contribution is -0.0761. The van der Waals surface area contributed by atoms with Crippen LogP contribution in [0.25, 0.3) is 0 Å². The first-order valence-corrected chi connectivity index (χ1v) is 21.1. The van der Waals surface area contributed by atoms with Crippen molar-refractivity contribution in [1.29, 1.82) is 5.26 Å². The number of rotatable bonds is 10. The minimum Gasteiger partial charge on any atom is -0.507 e. The molecule has 2 unspecified atom stereocenters. The maximum absolute atomic E-state index is 13.2. The van der Waals surface area contributed by atoms with Crippen LogP contribution in [0.1, 0.15) is 72.2 Å². The van der Waals surface area contributed by atoms with E-state index < -0.39 is 19.4 Å². The van der Waals surface area contributed by atoms with Crippen LogP contribution < -0.4 is 29.3 Å². The van der Waals surface area contributed by atoms with Crippen LogP contribution in [-0.2, 0) is 17.6 Å². The van der Waals surface area contributed by atoms with Gasteiger partial charge in [0.2, 0.25) is 6.79 Å². The molecular formula is C44H51N3O7Si. The highest BCUT2D eigenvalue weighted by molar-refractivity contribution is 6.98. The Labute approximate surface area is 324 Å². The average Bonchev–Trinajstić information content (AvgIpc) is 3.69. The number of methoxy groups -OCH3 is 2. The van der Waals surface area contributed by atoms with E-state index in [1.165, 1.54) is 0 Å². The summed E-state index contributed by atoms with van der Waals surface area (Å²) >= 11 is 0. The Morgan fingerprint density at radius 3 is 2.20 bits per heavy atom. The number of nitriles is 1. The summed E-state index contributed by atoms with van der Waals surface area (Å²) in [5.41, 5.74) is 5.47. The highest BCUT2D eigenvalue weighted by Crippen LogP contribution is 2.60. The van der Waals surface area contributed by atoms with E-state index in [0.717, 1.165) is 38.2 Å². The van der Waals surface area contributed by atoms with Gasteiger partial charge in [0.05, 0.1) is 19.2 Å². The maximum atomic E-state index is 13.2. The summed E-state index contributed by atoms with van der Waals surface area (Å²) in [6.45, 7) is 8.38. The quantitative estimate of drug-likeness (QED) is 0.152. The molecule has 4 aliphatic rings. The van der Waals surface area contributed by atoms with Crippen LogP contribution in [0.15, 0.2) is 66.7 Å². The number of fused-ring (bicyclic) bond motifs is 9. The molecule has 1 fully saturated rings. The van der Waals surface area contributed by atoms with Gasteiger partial charge >= 0.3 is 0 Å². The number of aromatic hydroxyl groups is 1. The molecule has 0 aliphatic carbocycles. The zero-order valence-corrected chi connectivity index (χ0v) is 33.8. The fraction of sp³-hybridized carbons (Fsp3) is 0.432. The number of piperazine rings is 1. The topological polar surface area (TPSA) is 117 Å². The molecule has 0 radical (unpaired) electrons.